The first-order valence-corrected chi connectivity index (χ1v) is 3.79. The molecule has 2 rings (SSSR count). The number of fused-ring (bicyclic) bond motifs is 1. The molecule has 0 fully saturated rings. The highest BCUT2D eigenvalue weighted by atomic mass is 32.1. The van der Waals surface area contributed by atoms with Crippen molar-refractivity contribution in [3.8, 4) is 0 Å². The van der Waals surface area contributed by atoms with Crippen molar-refractivity contribution in [1.29, 1.82) is 0 Å². The molecule has 0 bridgehead atoms. The molecule has 2 aromatic heterocycles. The van der Waals surface area contributed by atoms with E-state index >= 15 is 0 Å². The highest BCUT2D eigenvalue weighted by Crippen LogP contribution is 2.25. The van der Waals surface area contributed by atoms with Crippen LogP contribution < -0.4 is 0 Å². The van der Waals surface area contributed by atoms with Crippen LogP contribution in [0.15, 0.2) is 22.8 Å². The standard InChI is InChI=1S/C7H4O3S/c8-7(9)6-3-4-5(11-6)1-2-10-4/h1-3H,(H,8,9). The number of carbonyl (C=O) groups is 1. The lowest BCUT2D eigenvalue weighted by Gasteiger charge is -1.79. The first-order chi connectivity index (χ1) is 5.27. The molecule has 0 unspecified atom stereocenters. The summed E-state index contributed by atoms with van der Waals surface area (Å²) >= 11 is 1.22. The van der Waals surface area contributed by atoms with Gasteiger partial charge in [0.1, 0.15) is 10.5 Å². The maximum absolute atomic E-state index is 10.4. The second kappa shape index (κ2) is 2.10. The molecule has 0 spiro atoms. The lowest BCUT2D eigenvalue weighted by Crippen LogP contribution is -1.89. The van der Waals surface area contributed by atoms with E-state index in [2.05, 4.69) is 0 Å². The van der Waals surface area contributed by atoms with E-state index in [-0.39, 0.29) is 0 Å². The molecule has 2 heterocycles. The molecule has 0 aliphatic heterocycles. The van der Waals surface area contributed by atoms with Crippen LogP contribution in [0.3, 0.4) is 0 Å². The third-order valence-corrected chi connectivity index (χ3v) is 2.42. The quantitative estimate of drug-likeness (QED) is 0.710. The fourth-order valence-electron chi connectivity index (χ4n) is 0.871. The number of rotatable bonds is 1. The van der Waals surface area contributed by atoms with Crippen molar-refractivity contribution >= 4 is 27.6 Å². The Morgan fingerprint density at radius 3 is 3.09 bits per heavy atom. The van der Waals surface area contributed by atoms with Crippen molar-refractivity contribution in [2.75, 3.05) is 0 Å². The fraction of sp³-hybridized carbons (Fsp3) is 0. The summed E-state index contributed by atoms with van der Waals surface area (Å²) in [6.07, 6.45) is 1.55. The largest absolute Gasteiger partial charge is 0.477 e. The molecule has 2 aromatic rings. The molecule has 0 saturated heterocycles. The van der Waals surface area contributed by atoms with Crippen LogP contribution in [0.2, 0.25) is 0 Å². The van der Waals surface area contributed by atoms with E-state index in [9.17, 15) is 4.79 Å². The van der Waals surface area contributed by atoms with Crippen LogP contribution in [0.1, 0.15) is 9.67 Å². The van der Waals surface area contributed by atoms with Crippen molar-refractivity contribution in [2.45, 2.75) is 0 Å². The van der Waals surface area contributed by atoms with Gasteiger partial charge in [0.05, 0.1) is 11.0 Å². The average Bonchev–Trinajstić information content (AvgIpc) is 2.40. The molecule has 11 heavy (non-hydrogen) atoms. The molecule has 1 N–H and O–H groups in total. The average molecular weight is 168 g/mol. The second-order valence-corrected chi connectivity index (χ2v) is 3.15. The van der Waals surface area contributed by atoms with Crippen molar-refractivity contribution in [3.63, 3.8) is 0 Å². The van der Waals surface area contributed by atoms with Gasteiger partial charge in [0.25, 0.3) is 0 Å². The molecule has 0 atom stereocenters. The number of hydrogen-bond acceptors (Lipinski definition) is 3. The summed E-state index contributed by atoms with van der Waals surface area (Å²) in [6, 6.07) is 3.29. The number of furan rings is 1. The van der Waals surface area contributed by atoms with E-state index in [0.717, 1.165) is 4.70 Å². The number of hydrogen-bond donors (Lipinski definition) is 1. The van der Waals surface area contributed by atoms with Gasteiger partial charge in [0, 0.05) is 6.07 Å². The third kappa shape index (κ3) is 0.914. The van der Waals surface area contributed by atoms with E-state index in [1.165, 1.54) is 17.4 Å². The van der Waals surface area contributed by atoms with Gasteiger partial charge in [0.15, 0.2) is 0 Å². The maximum Gasteiger partial charge on any atom is 0.346 e. The van der Waals surface area contributed by atoms with Gasteiger partial charge in [-0.1, -0.05) is 0 Å². The fourth-order valence-corrected chi connectivity index (χ4v) is 1.69. The SMILES string of the molecule is O=C(O)c1cc2occc2s1. The predicted octanol–water partition coefficient (Wildman–Crippen LogP) is 2.19. The Hall–Kier alpha value is -1.29. The van der Waals surface area contributed by atoms with E-state index in [1.54, 1.807) is 12.3 Å². The topological polar surface area (TPSA) is 50.4 Å². The van der Waals surface area contributed by atoms with Crippen molar-refractivity contribution in [3.05, 3.63) is 23.3 Å². The van der Waals surface area contributed by atoms with Gasteiger partial charge in [-0.15, -0.1) is 11.3 Å². The monoisotopic (exact) mass is 168 g/mol. The maximum atomic E-state index is 10.4. The Kier molecular flexibility index (Phi) is 1.22. The molecule has 0 saturated carbocycles. The Labute approximate surface area is 65.9 Å². The van der Waals surface area contributed by atoms with Gasteiger partial charge >= 0.3 is 5.97 Å². The summed E-state index contributed by atoms with van der Waals surface area (Å²) in [6.45, 7) is 0. The summed E-state index contributed by atoms with van der Waals surface area (Å²) in [5.74, 6) is -0.901. The van der Waals surface area contributed by atoms with Crippen LogP contribution >= 0.6 is 11.3 Å². The van der Waals surface area contributed by atoms with Crippen molar-refractivity contribution in [2.24, 2.45) is 0 Å². The lowest BCUT2D eigenvalue weighted by atomic mass is 10.4. The van der Waals surface area contributed by atoms with Crippen LogP contribution in [-0.4, -0.2) is 11.1 Å². The zero-order valence-corrected chi connectivity index (χ0v) is 6.22. The molecular weight excluding hydrogens is 164 g/mol. The first kappa shape index (κ1) is 6.42. The van der Waals surface area contributed by atoms with E-state index < -0.39 is 5.97 Å². The Balaban J connectivity index is 2.67. The number of carboxylic acids is 1. The normalized spacial score (nSPS) is 10.5. The molecule has 3 nitrogen and oxygen atoms in total. The van der Waals surface area contributed by atoms with Gasteiger partial charge in [-0.25, -0.2) is 4.79 Å². The van der Waals surface area contributed by atoms with Crippen LogP contribution in [0.25, 0.3) is 10.3 Å². The minimum absolute atomic E-state index is 0.319. The summed E-state index contributed by atoms with van der Waals surface area (Å²) in [4.78, 5) is 10.8. The van der Waals surface area contributed by atoms with E-state index in [4.69, 9.17) is 9.52 Å². The van der Waals surface area contributed by atoms with Crippen LogP contribution in [0.4, 0.5) is 0 Å². The Morgan fingerprint density at radius 1 is 1.64 bits per heavy atom. The molecule has 0 amide bonds. The third-order valence-electron chi connectivity index (χ3n) is 1.35. The smallest absolute Gasteiger partial charge is 0.346 e. The minimum Gasteiger partial charge on any atom is -0.477 e. The van der Waals surface area contributed by atoms with E-state index in [1.807, 2.05) is 0 Å². The van der Waals surface area contributed by atoms with Crippen LogP contribution in [0.5, 0.6) is 0 Å². The van der Waals surface area contributed by atoms with Gasteiger partial charge in [-0.3, -0.25) is 0 Å². The number of aromatic carboxylic acids is 1. The molecule has 0 aliphatic carbocycles. The predicted molar refractivity (Wildman–Crippen MR) is 41.1 cm³/mol. The first-order valence-electron chi connectivity index (χ1n) is 2.98. The summed E-state index contributed by atoms with van der Waals surface area (Å²) in [5, 5.41) is 8.57. The molecule has 0 aromatic carbocycles. The van der Waals surface area contributed by atoms with E-state index in [0.29, 0.717) is 10.5 Å². The number of thiophene rings is 1. The van der Waals surface area contributed by atoms with Gasteiger partial charge < -0.3 is 9.52 Å². The zero-order valence-electron chi connectivity index (χ0n) is 5.40. The van der Waals surface area contributed by atoms with Crippen molar-refractivity contribution < 1.29 is 14.3 Å². The molecule has 0 aliphatic rings. The molecule has 56 valence electrons. The lowest BCUT2D eigenvalue weighted by molar-refractivity contribution is 0.0702. The highest BCUT2D eigenvalue weighted by molar-refractivity contribution is 7.20. The van der Waals surface area contributed by atoms with Crippen molar-refractivity contribution in [1.82, 2.24) is 0 Å². The summed E-state index contributed by atoms with van der Waals surface area (Å²) in [7, 11) is 0. The zero-order chi connectivity index (χ0) is 7.84. The van der Waals surface area contributed by atoms with Gasteiger partial charge in [0.2, 0.25) is 0 Å². The van der Waals surface area contributed by atoms with Crippen LogP contribution in [0, 0.1) is 0 Å². The molecular formula is C7H4O3S. The Bertz CT molecular complexity index is 370. The highest BCUT2D eigenvalue weighted by Gasteiger charge is 2.09. The second-order valence-electron chi connectivity index (χ2n) is 2.06. The molecule has 4 heteroatoms. The minimum atomic E-state index is -0.901. The Morgan fingerprint density at radius 2 is 2.45 bits per heavy atom. The van der Waals surface area contributed by atoms with Crippen LogP contribution in [-0.2, 0) is 0 Å². The van der Waals surface area contributed by atoms with Gasteiger partial charge in [-0.2, -0.15) is 0 Å². The van der Waals surface area contributed by atoms with Gasteiger partial charge in [-0.05, 0) is 6.07 Å². The summed E-state index contributed by atoms with van der Waals surface area (Å²) < 4.78 is 5.87. The summed E-state index contributed by atoms with van der Waals surface area (Å²) in [5.41, 5.74) is 0.646. The molecule has 0 radical (unpaired) electrons. The number of carboxylic acid groups (broad SMARTS) is 1.